The highest BCUT2D eigenvalue weighted by molar-refractivity contribution is 5.97. The number of hydrogen-bond donors (Lipinski definition) is 2. The highest BCUT2D eigenvalue weighted by atomic mass is 16.6. The maximum atomic E-state index is 12.6. The molecule has 3 amide bonds. The zero-order chi connectivity index (χ0) is 22.0. The lowest BCUT2D eigenvalue weighted by atomic mass is 9.90. The number of carbonyl (C=O) groups is 3. The minimum Gasteiger partial charge on any atom is -0.443 e. The molecule has 0 bridgehead atoms. The molecule has 1 aromatic carbocycles. The van der Waals surface area contributed by atoms with Crippen LogP contribution in [-0.4, -0.2) is 35.8 Å². The predicted octanol–water partition coefficient (Wildman–Crippen LogP) is 4.10. The predicted molar refractivity (Wildman–Crippen MR) is 110 cm³/mol. The molecular formula is C21H31N3O5. The Bertz CT molecular complexity index is 792. The van der Waals surface area contributed by atoms with Crippen LogP contribution in [0.25, 0.3) is 0 Å². The number of fused-ring (bicyclic) bond motifs is 1. The Kier molecular flexibility index (Phi) is 6.45. The molecule has 8 nitrogen and oxygen atoms in total. The van der Waals surface area contributed by atoms with Gasteiger partial charge in [0.15, 0.2) is 0 Å². The van der Waals surface area contributed by atoms with E-state index in [0.29, 0.717) is 12.1 Å². The van der Waals surface area contributed by atoms with Crippen molar-refractivity contribution in [2.75, 3.05) is 11.4 Å². The van der Waals surface area contributed by atoms with E-state index in [9.17, 15) is 14.4 Å². The van der Waals surface area contributed by atoms with Gasteiger partial charge in [0.1, 0.15) is 11.2 Å². The molecular weight excluding hydrogens is 374 g/mol. The average molecular weight is 405 g/mol. The molecule has 1 heterocycles. The van der Waals surface area contributed by atoms with E-state index in [1.807, 2.05) is 27.7 Å². The second-order valence-electron chi connectivity index (χ2n) is 9.18. The van der Waals surface area contributed by atoms with Gasteiger partial charge in [-0.15, -0.1) is 0 Å². The Morgan fingerprint density at radius 2 is 1.62 bits per heavy atom. The van der Waals surface area contributed by atoms with E-state index < -0.39 is 29.3 Å². The van der Waals surface area contributed by atoms with Crippen molar-refractivity contribution in [1.82, 2.24) is 10.9 Å². The zero-order valence-corrected chi connectivity index (χ0v) is 18.2. The molecule has 0 radical (unpaired) electrons. The van der Waals surface area contributed by atoms with Crippen LogP contribution in [-0.2, 0) is 9.47 Å². The summed E-state index contributed by atoms with van der Waals surface area (Å²) >= 11 is 0. The van der Waals surface area contributed by atoms with Gasteiger partial charge in [-0.2, -0.15) is 0 Å². The van der Waals surface area contributed by atoms with Crippen molar-refractivity contribution in [1.29, 1.82) is 0 Å². The number of rotatable bonds is 1. The number of anilines is 1. The van der Waals surface area contributed by atoms with Crippen molar-refractivity contribution in [2.24, 2.45) is 0 Å². The minimum absolute atomic E-state index is 0.176. The van der Waals surface area contributed by atoms with E-state index in [2.05, 4.69) is 10.9 Å². The van der Waals surface area contributed by atoms with Crippen LogP contribution in [0.1, 0.15) is 76.7 Å². The van der Waals surface area contributed by atoms with E-state index in [0.717, 1.165) is 17.7 Å². The van der Waals surface area contributed by atoms with Gasteiger partial charge in [-0.1, -0.05) is 6.92 Å². The highest BCUT2D eigenvalue weighted by Crippen LogP contribution is 2.36. The zero-order valence-electron chi connectivity index (χ0n) is 18.2. The van der Waals surface area contributed by atoms with Crippen LogP contribution in [0.5, 0.6) is 0 Å². The third kappa shape index (κ3) is 6.37. The Hall–Kier alpha value is -2.77. The lowest BCUT2D eigenvalue weighted by molar-refractivity contribution is 0.0482. The topological polar surface area (TPSA) is 97.0 Å². The first-order valence-electron chi connectivity index (χ1n) is 9.70. The summed E-state index contributed by atoms with van der Waals surface area (Å²) in [5.74, 6) is -0.296. The summed E-state index contributed by atoms with van der Waals surface area (Å²) < 4.78 is 10.6. The van der Waals surface area contributed by atoms with Crippen molar-refractivity contribution in [2.45, 2.75) is 72.0 Å². The third-order valence-electron chi connectivity index (χ3n) is 4.19. The molecule has 0 fully saturated rings. The summed E-state index contributed by atoms with van der Waals surface area (Å²) in [5, 5.41) is 0. The maximum absolute atomic E-state index is 12.6. The van der Waals surface area contributed by atoms with Crippen LogP contribution in [0.2, 0.25) is 0 Å². The van der Waals surface area contributed by atoms with Crippen LogP contribution in [0.4, 0.5) is 15.3 Å². The first-order valence-corrected chi connectivity index (χ1v) is 9.70. The Morgan fingerprint density at radius 3 is 2.21 bits per heavy atom. The van der Waals surface area contributed by atoms with Crippen molar-refractivity contribution in [3.8, 4) is 0 Å². The van der Waals surface area contributed by atoms with Gasteiger partial charge < -0.3 is 9.47 Å². The van der Waals surface area contributed by atoms with Crippen molar-refractivity contribution in [3.05, 3.63) is 29.3 Å². The Labute approximate surface area is 171 Å². The molecule has 8 heteroatoms. The maximum Gasteiger partial charge on any atom is 0.426 e. The van der Waals surface area contributed by atoms with Gasteiger partial charge in [0.2, 0.25) is 0 Å². The number of ether oxygens (including phenoxy) is 2. The molecule has 1 atom stereocenters. The Balaban J connectivity index is 2.14. The van der Waals surface area contributed by atoms with Crippen molar-refractivity contribution in [3.63, 3.8) is 0 Å². The molecule has 2 N–H and O–H groups in total. The standard InChI is InChI=1S/C21H31N3O5/c1-13-10-11-24(19(27)29-21(5,6)7)16-9-8-14(12-15(13)16)17(25)22-23-18(26)28-20(2,3)4/h8-9,12-13H,10-11H2,1-7H3,(H,22,25)(H,23,26)/t13-/m0/s1. The Morgan fingerprint density at radius 1 is 1.00 bits per heavy atom. The normalized spacial score (nSPS) is 16.5. The number of benzene rings is 1. The monoisotopic (exact) mass is 405 g/mol. The summed E-state index contributed by atoms with van der Waals surface area (Å²) in [7, 11) is 0. The number of hydrazine groups is 1. The molecule has 0 unspecified atom stereocenters. The molecule has 2 rings (SSSR count). The van der Waals surface area contributed by atoms with Crippen LogP contribution >= 0.6 is 0 Å². The summed E-state index contributed by atoms with van der Waals surface area (Å²) in [5.41, 5.74) is 5.31. The quantitative estimate of drug-likeness (QED) is 0.686. The van der Waals surface area contributed by atoms with E-state index >= 15 is 0 Å². The van der Waals surface area contributed by atoms with Gasteiger partial charge >= 0.3 is 12.2 Å². The average Bonchev–Trinajstić information content (AvgIpc) is 2.56. The highest BCUT2D eigenvalue weighted by Gasteiger charge is 2.30. The lowest BCUT2D eigenvalue weighted by Crippen LogP contribution is -2.44. The molecule has 0 spiro atoms. The van der Waals surface area contributed by atoms with Crippen LogP contribution in [0, 0.1) is 0 Å². The number of nitrogens with one attached hydrogen (secondary N) is 2. The molecule has 160 valence electrons. The van der Waals surface area contributed by atoms with Crippen molar-refractivity contribution < 1.29 is 23.9 Å². The van der Waals surface area contributed by atoms with Gasteiger partial charge in [-0.3, -0.25) is 15.1 Å². The summed E-state index contributed by atoms with van der Waals surface area (Å²) in [6, 6.07) is 5.08. The molecule has 0 saturated carbocycles. The van der Waals surface area contributed by atoms with E-state index in [4.69, 9.17) is 9.47 Å². The lowest BCUT2D eigenvalue weighted by Gasteiger charge is -2.34. The summed E-state index contributed by atoms with van der Waals surface area (Å²) in [6.45, 7) is 13.3. The minimum atomic E-state index is -0.742. The molecule has 1 aromatic rings. The summed E-state index contributed by atoms with van der Waals surface area (Å²) in [6.07, 6.45) is -0.393. The van der Waals surface area contributed by atoms with Crippen molar-refractivity contribution >= 4 is 23.8 Å². The second kappa shape index (κ2) is 8.31. The fraction of sp³-hybridized carbons (Fsp3) is 0.571. The fourth-order valence-electron chi connectivity index (χ4n) is 2.93. The molecule has 1 aliphatic rings. The van der Waals surface area contributed by atoms with Gasteiger partial charge in [-0.05, 0) is 77.6 Å². The van der Waals surface area contributed by atoms with Crippen LogP contribution in [0.3, 0.4) is 0 Å². The van der Waals surface area contributed by atoms with E-state index in [1.165, 1.54) is 0 Å². The number of hydrogen-bond acceptors (Lipinski definition) is 5. The van der Waals surface area contributed by atoms with Gasteiger partial charge in [0.05, 0.1) is 5.69 Å². The SMILES string of the molecule is C[C@H]1CCN(C(=O)OC(C)(C)C)c2ccc(C(=O)NNC(=O)OC(C)(C)C)cc21. The number of nitrogens with zero attached hydrogens (tertiary/aromatic N) is 1. The fourth-order valence-corrected chi connectivity index (χ4v) is 2.93. The first-order chi connectivity index (χ1) is 13.3. The van der Waals surface area contributed by atoms with Gasteiger partial charge in [0, 0.05) is 12.1 Å². The second-order valence-corrected chi connectivity index (χ2v) is 9.18. The molecule has 0 aromatic heterocycles. The largest absolute Gasteiger partial charge is 0.443 e. The van der Waals surface area contributed by atoms with E-state index in [-0.39, 0.29) is 5.92 Å². The molecule has 1 aliphatic heterocycles. The first kappa shape index (κ1) is 22.5. The molecule has 0 aliphatic carbocycles. The molecule has 0 saturated heterocycles. The van der Waals surface area contributed by atoms with Gasteiger partial charge in [-0.25, -0.2) is 15.0 Å². The number of carbonyl (C=O) groups excluding carboxylic acids is 3. The van der Waals surface area contributed by atoms with E-state index in [1.54, 1.807) is 43.9 Å². The molecule has 29 heavy (non-hydrogen) atoms. The third-order valence-corrected chi connectivity index (χ3v) is 4.19. The van der Waals surface area contributed by atoms with Gasteiger partial charge in [0.25, 0.3) is 5.91 Å². The number of amides is 3. The summed E-state index contributed by atoms with van der Waals surface area (Å²) in [4.78, 5) is 38.3. The van der Waals surface area contributed by atoms with Crippen LogP contribution in [0.15, 0.2) is 18.2 Å². The smallest absolute Gasteiger partial charge is 0.426 e. The van der Waals surface area contributed by atoms with Crippen LogP contribution < -0.4 is 15.8 Å².